The van der Waals surface area contributed by atoms with Crippen LogP contribution in [0.2, 0.25) is 0 Å². The van der Waals surface area contributed by atoms with E-state index in [1.54, 1.807) is 0 Å². The van der Waals surface area contributed by atoms with Crippen LogP contribution in [0.1, 0.15) is 17.5 Å². The summed E-state index contributed by atoms with van der Waals surface area (Å²) in [7, 11) is 1.18. The van der Waals surface area contributed by atoms with Gasteiger partial charge in [0, 0.05) is 5.69 Å². The summed E-state index contributed by atoms with van der Waals surface area (Å²) in [6.45, 7) is 4.16. The summed E-state index contributed by atoms with van der Waals surface area (Å²) in [5.74, 6) is -0.179. The van der Waals surface area contributed by atoms with Crippen molar-refractivity contribution < 1.29 is 23.5 Å². The van der Waals surface area contributed by atoms with Crippen LogP contribution >= 0.6 is 0 Å². The van der Waals surface area contributed by atoms with Crippen LogP contribution in [0.3, 0.4) is 0 Å². The first-order chi connectivity index (χ1) is 12.4. The monoisotopic (exact) mass is 360 g/mol. The van der Waals surface area contributed by atoms with E-state index < -0.39 is 11.9 Å². The highest BCUT2D eigenvalue weighted by atomic mass is 19.1. The van der Waals surface area contributed by atoms with E-state index in [9.17, 15) is 14.0 Å². The number of methoxy groups -OCH3 is 1. The Hall–Kier alpha value is -3.09. The van der Waals surface area contributed by atoms with Gasteiger partial charge in [-0.15, -0.1) is 0 Å². The lowest BCUT2D eigenvalue weighted by Crippen LogP contribution is -2.16. The van der Waals surface area contributed by atoms with Crippen LogP contribution in [0.25, 0.3) is 0 Å². The molecule has 0 saturated carbocycles. The third-order valence-electron chi connectivity index (χ3n) is 3.81. The second kappa shape index (κ2) is 8.84. The molecule has 0 radical (unpaired) electrons. The number of carbonyl (C=O) groups is 2. The second-order valence-electron chi connectivity index (χ2n) is 5.66. The van der Waals surface area contributed by atoms with Gasteiger partial charge in [-0.3, -0.25) is 10.1 Å². The number of amides is 2. The number of nitrogens with one attached hydrogen (secondary N) is 2. The molecule has 0 saturated heterocycles. The minimum atomic E-state index is -0.797. The summed E-state index contributed by atoms with van der Waals surface area (Å²) in [6.07, 6.45) is -0.667. The van der Waals surface area contributed by atoms with E-state index in [2.05, 4.69) is 15.4 Å². The number of benzene rings is 2. The van der Waals surface area contributed by atoms with Gasteiger partial charge in [0.15, 0.2) is 0 Å². The van der Waals surface area contributed by atoms with E-state index in [0.717, 1.165) is 22.9 Å². The van der Waals surface area contributed by atoms with Crippen LogP contribution in [-0.4, -0.2) is 25.7 Å². The Morgan fingerprint density at radius 2 is 1.88 bits per heavy atom. The fourth-order valence-electron chi connectivity index (χ4n) is 2.22. The standard InChI is InChI=1S/C19H21FN2O4/c1-12-5-4-6-17(13(12)2)26-10-9-18(23)21-14-7-8-15(20)16(11-14)22-19(24)25-3/h4-8,11H,9-10H2,1-3H3,(H,21,23)(H,22,24). The van der Waals surface area contributed by atoms with Crippen molar-refractivity contribution in [2.24, 2.45) is 0 Å². The van der Waals surface area contributed by atoms with Gasteiger partial charge in [-0.25, -0.2) is 9.18 Å². The van der Waals surface area contributed by atoms with Crippen LogP contribution in [0.15, 0.2) is 36.4 Å². The minimum Gasteiger partial charge on any atom is -0.493 e. The van der Waals surface area contributed by atoms with Crippen LogP contribution in [0.5, 0.6) is 5.75 Å². The molecule has 0 aliphatic heterocycles. The van der Waals surface area contributed by atoms with Crippen molar-refractivity contribution in [1.82, 2.24) is 0 Å². The van der Waals surface area contributed by atoms with Crippen LogP contribution in [0.4, 0.5) is 20.6 Å². The Kier molecular flexibility index (Phi) is 6.54. The molecular formula is C19H21FN2O4. The first-order valence-electron chi connectivity index (χ1n) is 8.04. The van der Waals surface area contributed by atoms with E-state index in [-0.39, 0.29) is 24.6 Å². The second-order valence-corrected chi connectivity index (χ2v) is 5.66. The molecular weight excluding hydrogens is 339 g/mol. The predicted octanol–water partition coefficient (Wildman–Crippen LogP) is 4.03. The van der Waals surface area contributed by atoms with E-state index in [0.29, 0.717) is 5.69 Å². The Balaban J connectivity index is 1.90. The molecule has 0 fully saturated rings. The molecule has 0 aliphatic carbocycles. The topological polar surface area (TPSA) is 76.7 Å². The lowest BCUT2D eigenvalue weighted by molar-refractivity contribution is -0.116. The molecule has 2 rings (SSSR count). The Morgan fingerprint density at radius 3 is 2.62 bits per heavy atom. The summed E-state index contributed by atoms with van der Waals surface area (Å²) < 4.78 is 23.7. The first kappa shape index (κ1) is 19.2. The van der Waals surface area contributed by atoms with Crippen LogP contribution in [-0.2, 0) is 9.53 Å². The summed E-state index contributed by atoms with van der Waals surface area (Å²) >= 11 is 0. The third-order valence-corrected chi connectivity index (χ3v) is 3.81. The normalized spacial score (nSPS) is 10.2. The molecule has 138 valence electrons. The van der Waals surface area contributed by atoms with Crippen molar-refractivity contribution in [3.63, 3.8) is 0 Å². The van der Waals surface area contributed by atoms with Gasteiger partial charge in [0.25, 0.3) is 0 Å². The average Bonchev–Trinajstić information content (AvgIpc) is 2.61. The zero-order chi connectivity index (χ0) is 19.1. The van der Waals surface area contributed by atoms with Crippen molar-refractivity contribution in [3.8, 4) is 5.75 Å². The van der Waals surface area contributed by atoms with Gasteiger partial charge in [-0.05, 0) is 49.2 Å². The van der Waals surface area contributed by atoms with Crippen molar-refractivity contribution >= 4 is 23.4 Å². The highest BCUT2D eigenvalue weighted by molar-refractivity contribution is 5.92. The molecule has 6 nitrogen and oxygen atoms in total. The van der Waals surface area contributed by atoms with Crippen LogP contribution in [0, 0.1) is 19.7 Å². The van der Waals surface area contributed by atoms with Crippen molar-refractivity contribution in [2.45, 2.75) is 20.3 Å². The third kappa shape index (κ3) is 5.20. The number of hydrogen-bond acceptors (Lipinski definition) is 4. The van der Waals surface area contributed by atoms with Gasteiger partial charge < -0.3 is 14.8 Å². The van der Waals surface area contributed by atoms with E-state index >= 15 is 0 Å². The van der Waals surface area contributed by atoms with E-state index in [1.165, 1.54) is 19.2 Å². The van der Waals surface area contributed by atoms with Crippen molar-refractivity contribution in [3.05, 3.63) is 53.3 Å². The number of halogens is 1. The lowest BCUT2D eigenvalue weighted by Gasteiger charge is -2.11. The molecule has 0 heterocycles. The van der Waals surface area contributed by atoms with Gasteiger partial charge in [-0.2, -0.15) is 0 Å². The molecule has 0 unspecified atom stereocenters. The molecule has 2 amide bonds. The van der Waals surface area contributed by atoms with E-state index in [1.807, 2.05) is 32.0 Å². The Labute approximate surface area is 151 Å². The SMILES string of the molecule is COC(=O)Nc1cc(NC(=O)CCOc2cccc(C)c2C)ccc1F. The largest absolute Gasteiger partial charge is 0.493 e. The molecule has 26 heavy (non-hydrogen) atoms. The molecule has 2 aromatic carbocycles. The highest BCUT2D eigenvalue weighted by Crippen LogP contribution is 2.21. The number of aryl methyl sites for hydroxylation is 1. The lowest BCUT2D eigenvalue weighted by atomic mass is 10.1. The zero-order valence-electron chi connectivity index (χ0n) is 14.9. The maximum absolute atomic E-state index is 13.7. The fourth-order valence-corrected chi connectivity index (χ4v) is 2.22. The molecule has 2 N–H and O–H groups in total. The quantitative estimate of drug-likeness (QED) is 0.815. The van der Waals surface area contributed by atoms with Crippen molar-refractivity contribution in [1.29, 1.82) is 0 Å². The first-order valence-corrected chi connectivity index (χ1v) is 8.04. The van der Waals surface area contributed by atoms with Gasteiger partial charge in [-0.1, -0.05) is 12.1 Å². The van der Waals surface area contributed by atoms with Gasteiger partial charge in [0.05, 0.1) is 25.8 Å². The minimum absolute atomic E-state index is 0.0821. The molecule has 7 heteroatoms. The highest BCUT2D eigenvalue weighted by Gasteiger charge is 2.10. The number of carbonyl (C=O) groups excluding carboxylic acids is 2. The molecule has 0 spiro atoms. The Bertz CT molecular complexity index is 808. The maximum Gasteiger partial charge on any atom is 0.411 e. The van der Waals surface area contributed by atoms with Crippen molar-refractivity contribution in [2.75, 3.05) is 24.4 Å². The Morgan fingerprint density at radius 1 is 1.12 bits per heavy atom. The smallest absolute Gasteiger partial charge is 0.411 e. The average molecular weight is 360 g/mol. The number of hydrogen-bond donors (Lipinski definition) is 2. The number of ether oxygens (including phenoxy) is 2. The van der Waals surface area contributed by atoms with Gasteiger partial charge in [0.1, 0.15) is 11.6 Å². The number of anilines is 2. The molecule has 2 aromatic rings. The molecule has 0 aliphatic rings. The zero-order valence-corrected chi connectivity index (χ0v) is 14.9. The molecule has 0 bridgehead atoms. The molecule has 0 aromatic heterocycles. The fraction of sp³-hybridized carbons (Fsp3) is 0.263. The van der Waals surface area contributed by atoms with Gasteiger partial charge >= 0.3 is 6.09 Å². The van der Waals surface area contributed by atoms with E-state index in [4.69, 9.17) is 4.74 Å². The van der Waals surface area contributed by atoms with Gasteiger partial charge in [0.2, 0.25) is 5.91 Å². The summed E-state index contributed by atoms with van der Waals surface area (Å²) in [5, 5.41) is 4.87. The number of rotatable bonds is 6. The molecule has 0 atom stereocenters. The predicted molar refractivity (Wildman–Crippen MR) is 97.1 cm³/mol. The summed E-state index contributed by atoms with van der Waals surface area (Å²) in [6, 6.07) is 9.60. The van der Waals surface area contributed by atoms with Crippen LogP contribution < -0.4 is 15.4 Å². The summed E-state index contributed by atoms with van der Waals surface area (Å²) in [5.41, 5.74) is 2.42. The maximum atomic E-state index is 13.7. The summed E-state index contributed by atoms with van der Waals surface area (Å²) in [4.78, 5) is 23.2.